The summed E-state index contributed by atoms with van der Waals surface area (Å²) < 4.78 is 15.8. The first-order chi connectivity index (χ1) is 14.0. The molecule has 2 aliphatic heterocycles. The average Bonchev–Trinajstić information content (AvgIpc) is 3.11. The zero-order chi connectivity index (χ0) is 20.5. The van der Waals surface area contributed by atoms with Gasteiger partial charge < -0.3 is 29.7 Å². The second kappa shape index (κ2) is 7.82. The number of ether oxygens (including phenoxy) is 3. The fraction of sp³-hybridized carbons (Fsp3) is 0.400. The van der Waals surface area contributed by atoms with Crippen LogP contribution in [0.2, 0.25) is 0 Å². The summed E-state index contributed by atoms with van der Waals surface area (Å²) in [4.78, 5) is 27.7. The van der Waals surface area contributed by atoms with Crippen LogP contribution in [0.5, 0.6) is 11.5 Å². The summed E-state index contributed by atoms with van der Waals surface area (Å²) in [6.45, 7) is 3.13. The highest BCUT2D eigenvalue weighted by Gasteiger charge is 2.35. The first-order valence-corrected chi connectivity index (χ1v) is 10.2. The number of rotatable bonds is 4. The van der Waals surface area contributed by atoms with Gasteiger partial charge in [0.2, 0.25) is 0 Å². The molecule has 2 N–H and O–H groups in total. The van der Waals surface area contributed by atoms with Crippen molar-refractivity contribution in [2.45, 2.75) is 26.1 Å². The summed E-state index contributed by atoms with van der Waals surface area (Å²) in [5.41, 5.74) is 2.50. The highest BCUT2D eigenvalue weighted by Crippen LogP contribution is 2.42. The van der Waals surface area contributed by atoms with E-state index in [0.29, 0.717) is 43.2 Å². The molecule has 0 radical (unpaired) electrons. The van der Waals surface area contributed by atoms with Crippen molar-refractivity contribution >= 4 is 28.3 Å². The van der Waals surface area contributed by atoms with Crippen molar-refractivity contribution in [1.29, 1.82) is 0 Å². The van der Waals surface area contributed by atoms with E-state index >= 15 is 0 Å². The van der Waals surface area contributed by atoms with Crippen molar-refractivity contribution in [3.05, 3.63) is 39.8 Å². The number of thiophene rings is 1. The quantitative estimate of drug-likeness (QED) is 0.795. The van der Waals surface area contributed by atoms with E-state index in [9.17, 15) is 9.59 Å². The average molecular weight is 417 g/mol. The van der Waals surface area contributed by atoms with E-state index in [4.69, 9.17) is 14.2 Å². The summed E-state index contributed by atoms with van der Waals surface area (Å²) in [6.07, 6.45) is -0.106. The standard InChI is InChI=1S/C20H23N3O5S/c1-4-28-20(25)23-8-7-13-15(10-23)29-19-16(13)18(24)21-17(22-19)12-6-5-11(26-2)9-14(12)27-3/h5-6,9,17,22H,4,7-8,10H2,1-3H3,(H,21,24). The number of carbonyl (C=O) groups is 2. The van der Waals surface area contributed by atoms with Gasteiger partial charge in [-0.05, 0) is 31.0 Å². The van der Waals surface area contributed by atoms with E-state index in [1.165, 1.54) is 11.3 Å². The molecule has 0 fully saturated rings. The first-order valence-electron chi connectivity index (χ1n) is 9.41. The number of hydrogen-bond acceptors (Lipinski definition) is 7. The number of nitrogens with zero attached hydrogens (tertiary/aromatic N) is 1. The van der Waals surface area contributed by atoms with Crippen LogP contribution in [0.3, 0.4) is 0 Å². The van der Waals surface area contributed by atoms with Crippen LogP contribution in [0.1, 0.15) is 39.5 Å². The molecule has 2 aromatic rings. The summed E-state index contributed by atoms with van der Waals surface area (Å²) in [6, 6.07) is 5.49. The lowest BCUT2D eigenvalue weighted by atomic mass is 10.0. The van der Waals surface area contributed by atoms with Gasteiger partial charge in [-0.3, -0.25) is 4.79 Å². The third-order valence-corrected chi connectivity index (χ3v) is 6.26. The molecule has 1 aromatic heterocycles. The summed E-state index contributed by atoms with van der Waals surface area (Å²) >= 11 is 1.51. The highest BCUT2D eigenvalue weighted by atomic mass is 32.1. The van der Waals surface area contributed by atoms with Gasteiger partial charge in [-0.25, -0.2) is 4.79 Å². The number of methoxy groups -OCH3 is 2. The van der Waals surface area contributed by atoms with Crippen molar-refractivity contribution in [1.82, 2.24) is 10.2 Å². The second-order valence-corrected chi connectivity index (χ2v) is 7.84. The van der Waals surface area contributed by atoms with Gasteiger partial charge in [0.05, 0.1) is 32.9 Å². The first kappa shape index (κ1) is 19.4. The number of nitrogens with one attached hydrogen (secondary N) is 2. The Labute approximate surface area is 172 Å². The number of anilines is 1. The smallest absolute Gasteiger partial charge is 0.410 e. The maximum Gasteiger partial charge on any atom is 0.410 e. The Balaban J connectivity index is 1.61. The van der Waals surface area contributed by atoms with Gasteiger partial charge in [0.15, 0.2) is 0 Å². The molecule has 0 saturated carbocycles. The van der Waals surface area contributed by atoms with Crippen molar-refractivity contribution in [3.63, 3.8) is 0 Å². The van der Waals surface area contributed by atoms with E-state index < -0.39 is 6.17 Å². The van der Waals surface area contributed by atoms with Gasteiger partial charge in [-0.1, -0.05) is 0 Å². The topological polar surface area (TPSA) is 89.1 Å². The number of hydrogen-bond donors (Lipinski definition) is 2. The third-order valence-electron chi connectivity index (χ3n) is 5.11. The number of carbonyl (C=O) groups excluding carboxylic acids is 2. The SMILES string of the molecule is CCOC(=O)N1CCc2c(sc3c2C(=O)NC(c2ccc(OC)cc2OC)N3)C1. The molecule has 3 heterocycles. The van der Waals surface area contributed by atoms with Gasteiger partial charge >= 0.3 is 6.09 Å². The molecular weight excluding hydrogens is 394 g/mol. The normalized spacial score (nSPS) is 17.6. The molecule has 9 heteroatoms. The van der Waals surface area contributed by atoms with Crippen molar-refractivity contribution in [2.24, 2.45) is 0 Å². The molecule has 4 rings (SSSR count). The van der Waals surface area contributed by atoms with E-state index in [1.807, 2.05) is 12.1 Å². The minimum absolute atomic E-state index is 0.122. The van der Waals surface area contributed by atoms with Crippen LogP contribution in [0.15, 0.2) is 18.2 Å². The Kier molecular flexibility index (Phi) is 5.23. The summed E-state index contributed by atoms with van der Waals surface area (Å²) in [5.74, 6) is 1.18. The van der Waals surface area contributed by atoms with Crippen LogP contribution >= 0.6 is 11.3 Å². The molecule has 1 atom stereocenters. The van der Waals surface area contributed by atoms with E-state index in [2.05, 4.69) is 10.6 Å². The number of amides is 2. The summed E-state index contributed by atoms with van der Waals surface area (Å²) in [7, 11) is 3.18. The molecule has 8 nitrogen and oxygen atoms in total. The van der Waals surface area contributed by atoms with Gasteiger partial charge in [0.25, 0.3) is 5.91 Å². The maximum absolute atomic E-state index is 12.9. The Morgan fingerprint density at radius 2 is 2.10 bits per heavy atom. The molecule has 154 valence electrons. The molecule has 0 saturated heterocycles. The molecule has 0 bridgehead atoms. The predicted molar refractivity (Wildman–Crippen MR) is 109 cm³/mol. The number of benzene rings is 1. The fourth-order valence-corrected chi connectivity index (χ4v) is 4.99. The Hall–Kier alpha value is -2.94. The molecule has 2 aliphatic rings. The van der Waals surface area contributed by atoms with Gasteiger partial charge in [-0.15, -0.1) is 11.3 Å². The maximum atomic E-state index is 12.9. The lowest BCUT2D eigenvalue weighted by molar-refractivity contribution is 0.0933. The van der Waals surface area contributed by atoms with E-state index in [0.717, 1.165) is 21.0 Å². The molecule has 0 aliphatic carbocycles. The van der Waals surface area contributed by atoms with Crippen LogP contribution in [0, 0.1) is 0 Å². The van der Waals surface area contributed by atoms with Crippen molar-refractivity contribution < 1.29 is 23.8 Å². The van der Waals surface area contributed by atoms with Gasteiger partial charge in [0.1, 0.15) is 22.7 Å². The Morgan fingerprint density at radius 3 is 2.83 bits per heavy atom. The molecule has 0 spiro atoms. The molecule has 1 aromatic carbocycles. The lowest BCUT2D eigenvalue weighted by Gasteiger charge is -2.29. The minimum Gasteiger partial charge on any atom is -0.497 e. The van der Waals surface area contributed by atoms with Crippen LogP contribution in [0.4, 0.5) is 9.80 Å². The van der Waals surface area contributed by atoms with Gasteiger partial charge in [0, 0.05) is 23.1 Å². The largest absolute Gasteiger partial charge is 0.497 e. The van der Waals surface area contributed by atoms with Crippen LogP contribution in [-0.4, -0.2) is 44.3 Å². The zero-order valence-electron chi connectivity index (χ0n) is 16.5. The molecule has 2 amide bonds. The van der Waals surface area contributed by atoms with Gasteiger partial charge in [-0.2, -0.15) is 0 Å². The molecule has 1 unspecified atom stereocenters. The Bertz CT molecular complexity index is 958. The minimum atomic E-state index is -0.419. The molecule has 29 heavy (non-hydrogen) atoms. The monoisotopic (exact) mass is 417 g/mol. The van der Waals surface area contributed by atoms with Crippen LogP contribution < -0.4 is 20.1 Å². The van der Waals surface area contributed by atoms with Crippen molar-refractivity contribution in [3.8, 4) is 11.5 Å². The predicted octanol–water partition coefficient (Wildman–Crippen LogP) is 3.13. The number of fused-ring (bicyclic) bond motifs is 3. The fourth-order valence-electron chi connectivity index (χ4n) is 3.70. The summed E-state index contributed by atoms with van der Waals surface area (Å²) in [5, 5.41) is 7.25. The second-order valence-electron chi connectivity index (χ2n) is 6.74. The van der Waals surface area contributed by atoms with Crippen LogP contribution in [0.25, 0.3) is 0 Å². The highest BCUT2D eigenvalue weighted by molar-refractivity contribution is 7.16. The van der Waals surface area contributed by atoms with E-state index in [1.54, 1.807) is 32.1 Å². The zero-order valence-corrected chi connectivity index (χ0v) is 17.4. The van der Waals surface area contributed by atoms with E-state index in [-0.39, 0.29) is 12.0 Å². The van der Waals surface area contributed by atoms with Crippen LogP contribution in [-0.2, 0) is 17.7 Å². The Morgan fingerprint density at radius 1 is 1.28 bits per heavy atom. The van der Waals surface area contributed by atoms with Crippen molar-refractivity contribution in [2.75, 3.05) is 32.7 Å². The third kappa shape index (κ3) is 3.46. The molecular formula is C20H23N3O5S. The lowest BCUT2D eigenvalue weighted by Crippen LogP contribution is -2.39.